The van der Waals surface area contributed by atoms with Gasteiger partial charge in [0.15, 0.2) is 0 Å². The highest BCUT2D eigenvalue weighted by Crippen LogP contribution is 2.19. The molecule has 0 unspecified atom stereocenters. The summed E-state index contributed by atoms with van der Waals surface area (Å²) in [5.74, 6) is 0.171. The number of nitrogens with one attached hydrogen (secondary N) is 1. The Labute approximate surface area is 137 Å². The Morgan fingerprint density at radius 1 is 1.23 bits per heavy atom. The van der Waals surface area contributed by atoms with Crippen LogP contribution < -0.4 is 5.32 Å². The predicted octanol–water partition coefficient (Wildman–Crippen LogP) is 3.24. The summed E-state index contributed by atoms with van der Waals surface area (Å²) in [4.78, 5) is 26.0. The van der Waals surface area contributed by atoms with Gasteiger partial charge in [0.1, 0.15) is 6.04 Å². The molecule has 1 N–H and O–H groups in total. The lowest BCUT2D eigenvalue weighted by Crippen LogP contribution is -2.48. The molecular formula is C17H25ClN2O2. The van der Waals surface area contributed by atoms with Gasteiger partial charge in [-0.2, -0.15) is 0 Å². The fourth-order valence-corrected chi connectivity index (χ4v) is 2.24. The number of hydrogen-bond donors (Lipinski definition) is 1. The second-order valence-electron chi connectivity index (χ2n) is 5.78. The van der Waals surface area contributed by atoms with Gasteiger partial charge >= 0.3 is 0 Å². The molecule has 1 aromatic carbocycles. The summed E-state index contributed by atoms with van der Waals surface area (Å²) < 4.78 is 0. The maximum absolute atomic E-state index is 12.2. The van der Waals surface area contributed by atoms with Crippen molar-refractivity contribution in [3.05, 3.63) is 34.9 Å². The highest BCUT2D eigenvalue weighted by molar-refractivity contribution is 6.31. The molecular weight excluding hydrogens is 300 g/mol. The van der Waals surface area contributed by atoms with Crippen molar-refractivity contribution in [2.24, 2.45) is 5.92 Å². The lowest BCUT2D eigenvalue weighted by Gasteiger charge is -2.29. The lowest BCUT2D eigenvalue weighted by molar-refractivity contribution is -0.140. The first-order valence-corrected chi connectivity index (χ1v) is 8.05. The third-order valence-electron chi connectivity index (χ3n) is 3.45. The van der Waals surface area contributed by atoms with Crippen LogP contribution in [0.1, 0.15) is 39.7 Å². The Bertz CT molecular complexity index is 517. The maximum Gasteiger partial charge on any atom is 0.242 e. The van der Waals surface area contributed by atoms with E-state index >= 15 is 0 Å². The van der Waals surface area contributed by atoms with E-state index in [9.17, 15) is 9.59 Å². The highest BCUT2D eigenvalue weighted by Gasteiger charge is 2.25. The molecule has 0 aromatic heterocycles. The molecule has 2 amide bonds. The Hall–Kier alpha value is -1.55. The zero-order valence-corrected chi connectivity index (χ0v) is 14.5. The summed E-state index contributed by atoms with van der Waals surface area (Å²) in [6.45, 7) is 8.54. The first-order chi connectivity index (χ1) is 10.4. The number of carbonyl (C=O) groups excluding carboxylic acids is 2. The minimum absolute atomic E-state index is 0.0629. The minimum atomic E-state index is -0.525. The number of hydrogen-bond acceptors (Lipinski definition) is 2. The Morgan fingerprint density at radius 2 is 1.86 bits per heavy atom. The molecule has 22 heavy (non-hydrogen) atoms. The highest BCUT2D eigenvalue weighted by atomic mass is 35.5. The molecule has 1 atom stereocenters. The normalized spacial score (nSPS) is 12.1. The van der Waals surface area contributed by atoms with Gasteiger partial charge in [0.05, 0.1) is 0 Å². The van der Waals surface area contributed by atoms with Crippen LogP contribution in [0.5, 0.6) is 0 Å². The summed E-state index contributed by atoms with van der Waals surface area (Å²) in [6, 6.07) is 6.85. The molecule has 0 spiro atoms. The van der Waals surface area contributed by atoms with Gasteiger partial charge in [0.2, 0.25) is 11.8 Å². The van der Waals surface area contributed by atoms with Crippen molar-refractivity contribution in [1.29, 1.82) is 0 Å². The smallest absolute Gasteiger partial charge is 0.242 e. The van der Waals surface area contributed by atoms with Gasteiger partial charge in [-0.05, 0) is 24.5 Å². The standard InChI is InChI=1S/C17H25ClN2O2/c1-5-16(21)20(11-14-8-6-7-9-15(14)18)13(4)17(22)19-10-12(2)3/h6-9,12-13H,5,10-11H2,1-4H3,(H,19,22)/t13-/m0/s1. The largest absolute Gasteiger partial charge is 0.354 e. The van der Waals surface area contributed by atoms with E-state index in [0.29, 0.717) is 30.5 Å². The summed E-state index contributed by atoms with van der Waals surface area (Å²) in [5.41, 5.74) is 0.842. The fourth-order valence-electron chi connectivity index (χ4n) is 2.05. The molecule has 0 heterocycles. The maximum atomic E-state index is 12.2. The van der Waals surface area contributed by atoms with Crippen molar-refractivity contribution < 1.29 is 9.59 Å². The number of benzene rings is 1. The molecule has 0 radical (unpaired) electrons. The SMILES string of the molecule is CCC(=O)N(Cc1ccccc1Cl)[C@@H](C)C(=O)NCC(C)C. The van der Waals surface area contributed by atoms with Crippen molar-refractivity contribution in [2.75, 3.05) is 6.54 Å². The van der Waals surface area contributed by atoms with Gasteiger partial charge < -0.3 is 10.2 Å². The third-order valence-corrected chi connectivity index (χ3v) is 3.82. The number of halogens is 1. The van der Waals surface area contributed by atoms with Crippen molar-refractivity contribution in [2.45, 2.75) is 46.7 Å². The van der Waals surface area contributed by atoms with Crippen LogP contribution >= 0.6 is 11.6 Å². The van der Waals surface area contributed by atoms with Crippen LogP contribution in [0.3, 0.4) is 0 Å². The van der Waals surface area contributed by atoms with Crippen LogP contribution in [0.2, 0.25) is 5.02 Å². The molecule has 0 aliphatic rings. The van der Waals surface area contributed by atoms with E-state index in [2.05, 4.69) is 5.32 Å². The lowest BCUT2D eigenvalue weighted by atomic mass is 10.1. The molecule has 0 saturated heterocycles. The van der Waals surface area contributed by atoms with Gasteiger partial charge in [0, 0.05) is 24.5 Å². The molecule has 0 aliphatic carbocycles. The number of carbonyl (C=O) groups is 2. The van der Waals surface area contributed by atoms with E-state index in [0.717, 1.165) is 5.56 Å². The fraction of sp³-hybridized carbons (Fsp3) is 0.529. The zero-order chi connectivity index (χ0) is 16.7. The summed E-state index contributed by atoms with van der Waals surface area (Å²) >= 11 is 6.16. The minimum Gasteiger partial charge on any atom is -0.354 e. The second-order valence-corrected chi connectivity index (χ2v) is 6.19. The number of rotatable bonds is 7. The number of nitrogens with zero attached hydrogens (tertiary/aromatic N) is 1. The number of amides is 2. The quantitative estimate of drug-likeness (QED) is 0.837. The Balaban J connectivity index is 2.86. The van der Waals surface area contributed by atoms with Crippen LogP contribution in [0.25, 0.3) is 0 Å². The average Bonchev–Trinajstić information content (AvgIpc) is 2.50. The average molecular weight is 325 g/mol. The van der Waals surface area contributed by atoms with Crippen LogP contribution in [-0.4, -0.2) is 29.3 Å². The first-order valence-electron chi connectivity index (χ1n) is 7.67. The molecule has 0 bridgehead atoms. The van der Waals surface area contributed by atoms with E-state index in [1.807, 2.05) is 32.0 Å². The zero-order valence-electron chi connectivity index (χ0n) is 13.7. The van der Waals surface area contributed by atoms with E-state index < -0.39 is 6.04 Å². The van der Waals surface area contributed by atoms with Crippen LogP contribution in [0.15, 0.2) is 24.3 Å². The molecule has 1 rings (SSSR count). The van der Waals surface area contributed by atoms with Gasteiger partial charge in [-0.25, -0.2) is 0 Å². The van der Waals surface area contributed by atoms with Gasteiger partial charge in [0.25, 0.3) is 0 Å². The summed E-state index contributed by atoms with van der Waals surface area (Å²) in [6.07, 6.45) is 0.353. The van der Waals surface area contributed by atoms with Crippen molar-refractivity contribution in [1.82, 2.24) is 10.2 Å². The summed E-state index contributed by atoms with van der Waals surface area (Å²) in [5, 5.41) is 3.48. The molecule has 0 aliphatic heterocycles. The molecule has 5 heteroatoms. The van der Waals surface area contributed by atoms with E-state index in [-0.39, 0.29) is 11.8 Å². The molecule has 0 saturated carbocycles. The van der Waals surface area contributed by atoms with Crippen LogP contribution in [0, 0.1) is 5.92 Å². The van der Waals surface area contributed by atoms with Gasteiger partial charge in [-0.3, -0.25) is 9.59 Å². The third kappa shape index (κ3) is 5.34. The molecule has 0 fully saturated rings. The van der Waals surface area contributed by atoms with Gasteiger partial charge in [-0.15, -0.1) is 0 Å². The predicted molar refractivity (Wildman–Crippen MR) is 89.6 cm³/mol. The van der Waals surface area contributed by atoms with Crippen molar-refractivity contribution in [3.8, 4) is 0 Å². The topological polar surface area (TPSA) is 49.4 Å². The Morgan fingerprint density at radius 3 is 2.41 bits per heavy atom. The van der Waals surface area contributed by atoms with Crippen molar-refractivity contribution in [3.63, 3.8) is 0 Å². The monoisotopic (exact) mass is 324 g/mol. The van der Waals surface area contributed by atoms with E-state index in [4.69, 9.17) is 11.6 Å². The van der Waals surface area contributed by atoms with Crippen molar-refractivity contribution >= 4 is 23.4 Å². The van der Waals surface area contributed by atoms with E-state index in [1.54, 1.807) is 24.8 Å². The second kappa shape index (κ2) is 8.79. The van der Waals surface area contributed by atoms with Gasteiger partial charge in [-0.1, -0.05) is 50.6 Å². The molecule has 4 nitrogen and oxygen atoms in total. The summed E-state index contributed by atoms with van der Waals surface area (Å²) in [7, 11) is 0. The van der Waals surface area contributed by atoms with E-state index in [1.165, 1.54) is 0 Å². The van der Waals surface area contributed by atoms with Crippen LogP contribution in [0.4, 0.5) is 0 Å². The first kappa shape index (κ1) is 18.5. The van der Waals surface area contributed by atoms with Crippen LogP contribution in [-0.2, 0) is 16.1 Å². The molecule has 122 valence electrons. The Kier molecular flexibility index (Phi) is 7.39. The molecule has 1 aromatic rings.